The van der Waals surface area contributed by atoms with Crippen LogP contribution in [0.2, 0.25) is 0 Å². The Kier molecular flexibility index (Phi) is 6.53. The van der Waals surface area contributed by atoms with Gasteiger partial charge in [0.2, 0.25) is 5.91 Å². The molecule has 2 saturated heterocycles. The van der Waals surface area contributed by atoms with Crippen LogP contribution in [0.5, 0.6) is 11.5 Å². The second kappa shape index (κ2) is 9.49. The molecule has 0 aromatic heterocycles. The van der Waals surface area contributed by atoms with Crippen molar-refractivity contribution in [2.45, 2.75) is 44.4 Å². The Morgan fingerprint density at radius 3 is 2.48 bits per heavy atom. The molecule has 5 rings (SSSR count). The number of primary amides is 1. The van der Waals surface area contributed by atoms with Gasteiger partial charge >= 0.3 is 0 Å². The summed E-state index contributed by atoms with van der Waals surface area (Å²) < 4.78 is 17.2. The molecule has 2 aromatic rings. The molecule has 1 aliphatic carbocycles. The van der Waals surface area contributed by atoms with Crippen LogP contribution in [-0.4, -0.2) is 43.3 Å². The van der Waals surface area contributed by atoms with Crippen molar-refractivity contribution >= 4 is 11.8 Å². The van der Waals surface area contributed by atoms with Crippen molar-refractivity contribution in [3.8, 4) is 11.5 Å². The highest BCUT2D eigenvalue weighted by atomic mass is 16.6. The Bertz CT molecular complexity index is 926. The average Bonchev–Trinajstić information content (AvgIpc) is 3.41. The number of benzene rings is 2. The van der Waals surface area contributed by atoms with E-state index in [9.17, 15) is 9.59 Å². The van der Waals surface area contributed by atoms with Gasteiger partial charge in [0.1, 0.15) is 17.6 Å². The zero-order valence-electron chi connectivity index (χ0n) is 17.6. The van der Waals surface area contributed by atoms with E-state index in [4.69, 9.17) is 19.9 Å². The maximum Gasteiger partial charge on any atom is 0.251 e. The van der Waals surface area contributed by atoms with Crippen molar-refractivity contribution in [2.24, 2.45) is 11.7 Å². The largest absolute Gasteiger partial charge is 0.457 e. The van der Waals surface area contributed by atoms with Crippen LogP contribution in [0.4, 0.5) is 0 Å². The molecule has 3 unspecified atom stereocenters. The first-order valence-electron chi connectivity index (χ1n) is 10.7. The predicted molar refractivity (Wildman–Crippen MR) is 115 cm³/mol. The average molecular weight is 424 g/mol. The summed E-state index contributed by atoms with van der Waals surface area (Å²) in [7, 11) is 0. The van der Waals surface area contributed by atoms with Gasteiger partial charge in [0.15, 0.2) is 0 Å². The van der Waals surface area contributed by atoms with Gasteiger partial charge in [0.25, 0.3) is 5.91 Å². The van der Waals surface area contributed by atoms with Crippen molar-refractivity contribution in [3.05, 3.63) is 59.7 Å². The van der Waals surface area contributed by atoms with Crippen LogP contribution in [0, 0.1) is 12.8 Å². The molecule has 0 radical (unpaired) electrons. The lowest BCUT2D eigenvalue weighted by Gasteiger charge is -2.17. The summed E-state index contributed by atoms with van der Waals surface area (Å²) in [6.07, 6.45) is 3.03. The van der Waals surface area contributed by atoms with E-state index in [-0.39, 0.29) is 36.0 Å². The lowest BCUT2D eigenvalue weighted by molar-refractivity contribution is -0.119. The number of nitrogens with two attached hydrogens (primary N) is 1. The number of carbonyl (C=O) groups excluding carboxylic acids is 2. The fourth-order valence-electron chi connectivity index (χ4n) is 3.65. The highest BCUT2D eigenvalue weighted by Crippen LogP contribution is 2.28. The summed E-state index contributed by atoms with van der Waals surface area (Å²) in [5.74, 6) is 1.35. The molecule has 0 bridgehead atoms. The minimum Gasteiger partial charge on any atom is -0.457 e. The Morgan fingerprint density at radius 1 is 1.03 bits per heavy atom. The number of nitrogens with one attached hydrogen (secondary N) is 1. The summed E-state index contributed by atoms with van der Waals surface area (Å²) in [5.41, 5.74) is 6.59. The first-order chi connectivity index (χ1) is 15.0. The standard InChI is InChI=1S/C20H21NO4.C4H7NO/c1-13-5-7-15(8-6-13)25-16-4-2-3-14(11-16)20(22)21-17-12-24-18-9-10-23-19(17)18;5-4(6)3-1-2-3/h2-8,11,17-19H,9-10,12H2,1H3,(H,21,22);3H,1-2H2,(H2,5,6). The maximum atomic E-state index is 12.6. The Morgan fingerprint density at radius 2 is 1.81 bits per heavy atom. The number of hydrogen-bond donors (Lipinski definition) is 2. The van der Waals surface area contributed by atoms with Crippen molar-refractivity contribution in [1.29, 1.82) is 0 Å². The van der Waals surface area contributed by atoms with Gasteiger partial charge in [-0.15, -0.1) is 0 Å². The van der Waals surface area contributed by atoms with Crippen LogP contribution in [-0.2, 0) is 14.3 Å². The zero-order chi connectivity index (χ0) is 21.8. The molecule has 3 aliphatic rings. The summed E-state index contributed by atoms with van der Waals surface area (Å²) >= 11 is 0. The fraction of sp³-hybridized carbons (Fsp3) is 0.417. The molecule has 3 N–H and O–H groups in total. The second-order valence-electron chi connectivity index (χ2n) is 8.20. The number of hydrogen-bond acceptors (Lipinski definition) is 5. The molecule has 0 spiro atoms. The van der Waals surface area contributed by atoms with E-state index < -0.39 is 0 Å². The lowest BCUT2D eigenvalue weighted by Crippen LogP contribution is -2.43. The summed E-state index contributed by atoms with van der Waals surface area (Å²) in [5, 5.41) is 3.02. The van der Waals surface area contributed by atoms with E-state index in [2.05, 4.69) is 5.32 Å². The van der Waals surface area contributed by atoms with Crippen LogP contribution >= 0.6 is 0 Å². The Labute approximate surface area is 181 Å². The van der Waals surface area contributed by atoms with E-state index in [0.29, 0.717) is 24.5 Å². The van der Waals surface area contributed by atoms with Gasteiger partial charge in [-0.3, -0.25) is 9.59 Å². The van der Waals surface area contributed by atoms with Crippen LogP contribution in [0.3, 0.4) is 0 Å². The van der Waals surface area contributed by atoms with E-state index >= 15 is 0 Å². The van der Waals surface area contributed by atoms with Gasteiger partial charge in [0.05, 0.1) is 18.8 Å². The molecule has 31 heavy (non-hydrogen) atoms. The van der Waals surface area contributed by atoms with E-state index in [1.54, 1.807) is 12.1 Å². The molecule has 1 saturated carbocycles. The molecule has 2 heterocycles. The quantitative estimate of drug-likeness (QED) is 0.769. The number of fused-ring (bicyclic) bond motifs is 1. The van der Waals surface area contributed by atoms with Crippen LogP contribution < -0.4 is 15.8 Å². The Balaban J connectivity index is 0.000000334. The molecule has 2 aliphatic heterocycles. The van der Waals surface area contributed by atoms with Crippen molar-refractivity contribution in [3.63, 3.8) is 0 Å². The van der Waals surface area contributed by atoms with Gasteiger partial charge < -0.3 is 25.3 Å². The van der Waals surface area contributed by atoms with Gasteiger partial charge in [-0.1, -0.05) is 23.8 Å². The van der Waals surface area contributed by atoms with Crippen molar-refractivity contribution in [1.82, 2.24) is 5.32 Å². The van der Waals surface area contributed by atoms with E-state index in [1.165, 1.54) is 5.56 Å². The number of ether oxygens (including phenoxy) is 3. The molecule has 7 heteroatoms. The third-order valence-electron chi connectivity index (χ3n) is 5.61. The van der Waals surface area contributed by atoms with Crippen molar-refractivity contribution in [2.75, 3.05) is 13.2 Å². The Hall–Kier alpha value is -2.90. The normalized spacial score (nSPS) is 24.0. The molecular formula is C24H28N2O5. The van der Waals surface area contributed by atoms with E-state index in [1.807, 2.05) is 43.3 Å². The molecule has 7 nitrogen and oxygen atoms in total. The number of rotatable bonds is 5. The van der Waals surface area contributed by atoms with Gasteiger partial charge in [-0.05, 0) is 56.5 Å². The van der Waals surface area contributed by atoms with Crippen LogP contribution in [0.15, 0.2) is 48.5 Å². The van der Waals surface area contributed by atoms with E-state index in [0.717, 1.165) is 25.0 Å². The third-order valence-corrected chi connectivity index (χ3v) is 5.61. The zero-order valence-corrected chi connectivity index (χ0v) is 17.6. The summed E-state index contributed by atoms with van der Waals surface area (Å²) in [6, 6.07) is 14.9. The fourth-order valence-corrected chi connectivity index (χ4v) is 3.65. The smallest absolute Gasteiger partial charge is 0.251 e. The van der Waals surface area contributed by atoms with Gasteiger partial charge in [-0.2, -0.15) is 0 Å². The first kappa shape index (κ1) is 21.3. The first-order valence-corrected chi connectivity index (χ1v) is 10.7. The molecule has 164 valence electrons. The number of aryl methyl sites for hydroxylation is 1. The second-order valence-corrected chi connectivity index (χ2v) is 8.20. The molecule has 2 amide bonds. The molecule has 2 aromatic carbocycles. The van der Waals surface area contributed by atoms with Gasteiger partial charge in [-0.25, -0.2) is 0 Å². The summed E-state index contributed by atoms with van der Waals surface area (Å²) in [6.45, 7) is 3.22. The van der Waals surface area contributed by atoms with Crippen molar-refractivity contribution < 1.29 is 23.8 Å². The number of carbonyl (C=O) groups is 2. The minimum atomic E-state index is -0.140. The monoisotopic (exact) mass is 424 g/mol. The summed E-state index contributed by atoms with van der Waals surface area (Å²) in [4.78, 5) is 22.5. The lowest BCUT2D eigenvalue weighted by atomic mass is 10.1. The highest BCUT2D eigenvalue weighted by Gasteiger charge is 2.42. The topological polar surface area (TPSA) is 99.9 Å². The minimum absolute atomic E-state index is 0.0315. The number of amides is 2. The van der Waals surface area contributed by atoms with Crippen LogP contribution in [0.1, 0.15) is 35.2 Å². The SMILES string of the molecule is Cc1ccc(Oc2cccc(C(=O)NC3COC4CCOC34)c2)cc1.NC(=O)C1CC1. The molecular weight excluding hydrogens is 396 g/mol. The highest BCUT2D eigenvalue weighted by molar-refractivity contribution is 5.94. The van der Waals surface area contributed by atoms with Gasteiger partial charge in [0, 0.05) is 18.1 Å². The van der Waals surface area contributed by atoms with Crippen LogP contribution in [0.25, 0.3) is 0 Å². The third kappa shape index (κ3) is 5.62. The maximum absolute atomic E-state index is 12.6. The molecule has 3 fully saturated rings. The molecule has 3 atom stereocenters. The predicted octanol–water partition coefficient (Wildman–Crippen LogP) is 2.96.